The molecular weight excluding hydrogens is 298 g/mol. The predicted octanol–water partition coefficient (Wildman–Crippen LogP) is 3.65. The summed E-state index contributed by atoms with van der Waals surface area (Å²) in [7, 11) is 0. The van der Waals surface area contributed by atoms with E-state index in [1.807, 2.05) is 19.1 Å². The van der Waals surface area contributed by atoms with Crippen LogP contribution in [0.2, 0.25) is 5.02 Å². The Morgan fingerprint density at radius 1 is 1.36 bits per heavy atom. The van der Waals surface area contributed by atoms with Gasteiger partial charge in [0.1, 0.15) is 0 Å². The predicted molar refractivity (Wildman–Crippen MR) is 89.6 cm³/mol. The molecule has 1 heterocycles. The molecule has 1 aromatic heterocycles. The van der Waals surface area contributed by atoms with Crippen LogP contribution in [0, 0.1) is 6.92 Å². The van der Waals surface area contributed by atoms with Crippen molar-refractivity contribution in [2.24, 2.45) is 0 Å². The number of carbonyl (C=O) groups excluding carboxylic acids is 1. The van der Waals surface area contributed by atoms with Gasteiger partial charge in [-0.05, 0) is 25.1 Å². The summed E-state index contributed by atoms with van der Waals surface area (Å²) >= 11 is 6.01. The van der Waals surface area contributed by atoms with Gasteiger partial charge >= 0.3 is 0 Å². The van der Waals surface area contributed by atoms with Gasteiger partial charge in [-0.3, -0.25) is 4.79 Å². The summed E-state index contributed by atoms with van der Waals surface area (Å²) in [4.78, 5) is 14.3. The standard InChI is InChI=1S/C17H18ClN3O/c1-4-9-20(10-5-2)17(22)16-12-19-21(13(16)3)15-8-6-7-14(18)11-15/h4-8,11-12H,1-2,9-10H2,3H3. The molecule has 5 heteroatoms. The minimum absolute atomic E-state index is 0.0921. The third-order valence-corrected chi connectivity index (χ3v) is 3.51. The average molecular weight is 316 g/mol. The molecule has 0 atom stereocenters. The van der Waals surface area contributed by atoms with Crippen molar-refractivity contribution in [2.45, 2.75) is 6.92 Å². The van der Waals surface area contributed by atoms with E-state index in [-0.39, 0.29) is 5.91 Å². The van der Waals surface area contributed by atoms with Gasteiger partial charge in [-0.1, -0.05) is 29.8 Å². The summed E-state index contributed by atoms with van der Waals surface area (Å²) in [6.45, 7) is 10.2. The van der Waals surface area contributed by atoms with Gasteiger partial charge < -0.3 is 4.90 Å². The van der Waals surface area contributed by atoms with Crippen molar-refractivity contribution in [3.8, 4) is 5.69 Å². The van der Waals surface area contributed by atoms with Gasteiger partial charge in [0.05, 0.1) is 23.1 Å². The minimum Gasteiger partial charge on any atom is -0.331 e. The molecule has 0 N–H and O–H groups in total. The lowest BCUT2D eigenvalue weighted by Crippen LogP contribution is -2.31. The second kappa shape index (κ2) is 7.09. The highest BCUT2D eigenvalue weighted by Gasteiger charge is 2.19. The van der Waals surface area contributed by atoms with Crippen LogP contribution in [0.25, 0.3) is 5.69 Å². The highest BCUT2D eigenvalue weighted by molar-refractivity contribution is 6.30. The zero-order chi connectivity index (χ0) is 16.1. The Balaban J connectivity index is 2.36. The Kier molecular flexibility index (Phi) is 5.17. The summed E-state index contributed by atoms with van der Waals surface area (Å²) < 4.78 is 1.71. The van der Waals surface area contributed by atoms with Crippen LogP contribution in [0.4, 0.5) is 0 Å². The van der Waals surface area contributed by atoms with Crippen molar-refractivity contribution in [2.75, 3.05) is 13.1 Å². The average Bonchev–Trinajstić information content (AvgIpc) is 2.88. The Hall–Kier alpha value is -2.33. The minimum atomic E-state index is -0.0921. The largest absolute Gasteiger partial charge is 0.331 e. The van der Waals surface area contributed by atoms with Crippen molar-refractivity contribution >= 4 is 17.5 Å². The Labute approximate surface area is 135 Å². The van der Waals surface area contributed by atoms with Crippen LogP contribution in [0.5, 0.6) is 0 Å². The molecule has 4 nitrogen and oxygen atoms in total. The molecule has 0 bridgehead atoms. The van der Waals surface area contributed by atoms with Gasteiger partial charge in [0.25, 0.3) is 5.91 Å². The highest BCUT2D eigenvalue weighted by Crippen LogP contribution is 2.19. The zero-order valence-corrected chi connectivity index (χ0v) is 13.3. The fourth-order valence-corrected chi connectivity index (χ4v) is 2.39. The topological polar surface area (TPSA) is 38.1 Å². The van der Waals surface area contributed by atoms with E-state index in [0.717, 1.165) is 11.4 Å². The van der Waals surface area contributed by atoms with Crippen molar-refractivity contribution in [1.29, 1.82) is 0 Å². The third-order valence-electron chi connectivity index (χ3n) is 3.28. The molecule has 0 radical (unpaired) electrons. The molecule has 1 amide bonds. The molecule has 0 aliphatic heterocycles. The Morgan fingerprint density at radius 2 is 2.05 bits per heavy atom. The van der Waals surface area contributed by atoms with Crippen LogP contribution in [-0.2, 0) is 0 Å². The van der Waals surface area contributed by atoms with E-state index < -0.39 is 0 Å². The number of benzene rings is 1. The van der Waals surface area contributed by atoms with Crippen molar-refractivity contribution in [3.05, 3.63) is 72.1 Å². The lowest BCUT2D eigenvalue weighted by atomic mass is 10.2. The maximum Gasteiger partial charge on any atom is 0.257 e. The number of nitrogens with zero attached hydrogens (tertiary/aromatic N) is 3. The first kappa shape index (κ1) is 16.0. The number of amides is 1. The summed E-state index contributed by atoms with van der Waals surface area (Å²) in [5.74, 6) is -0.0921. The summed E-state index contributed by atoms with van der Waals surface area (Å²) in [5.41, 5.74) is 2.15. The van der Waals surface area contributed by atoms with E-state index in [1.54, 1.807) is 40.1 Å². The fourth-order valence-electron chi connectivity index (χ4n) is 2.21. The fraction of sp³-hybridized carbons (Fsp3) is 0.176. The Bertz CT molecular complexity index is 696. The van der Waals surface area contributed by atoms with Gasteiger partial charge in [-0.25, -0.2) is 4.68 Å². The molecule has 2 aromatic rings. The van der Waals surface area contributed by atoms with E-state index in [9.17, 15) is 4.79 Å². The molecule has 2 rings (SSSR count). The van der Waals surface area contributed by atoms with Crippen LogP contribution < -0.4 is 0 Å². The van der Waals surface area contributed by atoms with Crippen molar-refractivity contribution in [3.63, 3.8) is 0 Å². The lowest BCUT2D eigenvalue weighted by molar-refractivity contribution is 0.0790. The first-order valence-corrected chi connectivity index (χ1v) is 7.28. The Morgan fingerprint density at radius 3 is 2.64 bits per heavy atom. The SMILES string of the molecule is C=CCN(CC=C)C(=O)c1cnn(-c2cccc(Cl)c2)c1C. The molecule has 0 aliphatic carbocycles. The monoisotopic (exact) mass is 315 g/mol. The molecule has 0 saturated carbocycles. The second-order valence-electron chi connectivity index (χ2n) is 4.82. The number of hydrogen-bond acceptors (Lipinski definition) is 2. The lowest BCUT2D eigenvalue weighted by Gasteiger charge is -2.19. The molecular formula is C17H18ClN3O. The van der Waals surface area contributed by atoms with E-state index in [4.69, 9.17) is 11.6 Å². The van der Waals surface area contributed by atoms with Gasteiger partial charge in [0.2, 0.25) is 0 Å². The van der Waals surface area contributed by atoms with E-state index in [0.29, 0.717) is 23.7 Å². The maximum absolute atomic E-state index is 12.6. The molecule has 0 unspecified atom stereocenters. The number of hydrogen-bond donors (Lipinski definition) is 0. The number of rotatable bonds is 6. The summed E-state index contributed by atoms with van der Waals surface area (Å²) in [6.07, 6.45) is 4.97. The molecule has 0 aliphatic rings. The molecule has 114 valence electrons. The number of halogens is 1. The van der Waals surface area contributed by atoms with Gasteiger partial charge in [-0.15, -0.1) is 13.2 Å². The number of aromatic nitrogens is 2. The van der Waals surface area contributed by atoms with E-state index in [1.165, 1.54) is 0 Å². The van der Waals surface area contributed by atoms with Crippen LogP contribution in [-0.4, -0.2) is 33.7 Å². The first-order chi connectivity index (χ1) is 10.6. The van der Waals surface area contributed by atoms with Crippen LogP contribution in [0.15, 0.2) is 55.8 Å². The van der Waals surface area contributed by atoms with Gasteiger partial charge in [0, 0.05) is 18.1 Å². The molecule has 0 saturated heterocycles. The normalized spacial score (nSPS) is 10.3. The summed E-state index contributed by atoms with van der Waals surface area (Å²) in [6, 6.07) is 7.35. The van der Waals surface area contributed by atoms with E-state index in [2.05, 4.69) is 18.3 Å². The number of carbonyl (C=O) groups is 1. The molecule has 0 fully saturated rings. The first-order valence-electron chi connectivity index (χ1n) is 6.90. The quantitative estimate of drug-likeness (QED) is 0.763. The van der Waals surface area contributed by atoms with Crippen LogP contribution in [0.3, 0.4) is 0 Å². The molecule has 1 aromatic carbocycles. The highest BCUT2D eigenvalue weighted by atomic mass is 35.5. The van der Waals surface area contributed by atoms with Crippen LogP contribution >= 0.6 is 11.6 Å². The van der Waals surface area contributed by atoms with Gasteiger partial charge in [0.15, 0.2) is 0 Å². The third kappa shape index (κ3) is 3.28. The molecule has 22 heavy (non-hydrogen) atoms. The van der Waals surface area contributed by atoms with Crippen LogP contribution in [0.1, 0.15) is 16.1 Å². The second-order valence-corrected chi connectivity index (χ2v) is 5.26. The summed E-state index contributed by atoms with van der Waals surface area (Å²) in [5, 5.41) is 4.93. The molecule has 0 spiro atoms. The smallest absolute Gasteiger partial charge is 0.257 e. The van der Waals surface area contributed by atoms with Gasteiger partial charge in [-0.2, -0.15) is 5.10 Å². The van der Waals surface area contributed by atoms with Crippen molar-refractivity contribution in [1.82, 2.24) is 14.7 Å². The zero-order valence-electron chi connectivity index (χ0n) is 12.5. The maximum atomic E-state index is 12.6. The van der Waals surface area contributed by atoms with E-state index >= 15 is 0 Å². The van der Waals surface area contributed by atoms with Crippen molar-refractivity contribution < 1.29 is 4.79 Å².